The molecule has 0 saturated carbocycles. The monoisotopic (exact) mass is 476 g/mol. The van der Waals surface area contributed by atoms with Gasteiger partial charge >= 0.3 is 11.9 Å². The van der Waals surface area contributed by atoms with Gasteiger partial charge in [0.2, 0.25) is 17.7 Å². The molecule has 4 atom stereocenters. The van der Waals surface area contributed by atoms with Crippen molar-refractivity contribution in [3.8, 4) is 0 Å². The Bertz CT molecular complexity index is 662. The summed E-state index contributed by atoms with van der Waals surface area (Å²) in [7, 11) is 0. The molecule has 14 heteroatoms. The number of carbonyl (C=O) groups excluding carboxylic acids is 3. The van der Waals surface area contributed by atoms with Gasteiger partial charge in [0, 0.05) is 0 Å². The molecule has 0 rings (SSSR count). The molecule has 14 nitrogen and oxygen atoms in total. The zero-order valence-electron chi connectivity index (χ0n) is 18.5. The molecule has 0 bridgehead atoms. The summed E-state index contributed by atoms with van der Waals surface area (Å²) in [4.78, 5) is 59.7. The molecule has 33 heavy (non-hydrogen) atoms. The van der Waals surface area contributed by atoms with Gasteiger partial charge in [0.1, 0.15) is 24.2 Å². The third-order valence-electron chi connectivity index (χ3n) is 4.69. The number of amides is 3. The first-order valence-electron chi connectivity index (χ1n) is 10.7. The smallest absolute Gasteiger partial charge is 0.326 e. The van der Waals surface area contributed by atoms with E-state index < -0.39 is 66.9 Å². The van der Waals surface area contributed by atoms with Crippen LogP contribution in [-0.4, -0.2) is 88.8 Å². The van der Waals surface area contributed by atoms with Crippen LogP contribution in [0.15, 0.2) is 0 Å². The Labute approximate surface area is 191 Å². The third-order valence-corrected chi connectivity index (χ3v) is 4.69. The average molecular weight is 477 g/mol. The fourth-order valence-corrected chi connectivity index (χ4v) is 2.80. The molecule has 0 spiro atoms. The van der Waals surface area contributed by atoms with Crippen LogP contribution in [0.3, 0.4) is 0 Å². The fraction of sp³-hybridized carbons (Fsp3) is 0.737. The minimum Gasteiger partial charge on any atom is -0.481 e. The van der Waals surface area contributed by atoms with Gasteiger partial charge in [-0.05, 0) is 51.6 Å². The Morgan fingerprint density at radius 1 is 0.697 bits per heavy atom. The number of hydrogen-bond donors (Lipinski definition) is 9. The van der Waals surface area contributed by atoms with E-state index in [0.717, 1.165) is 0 Å². The molecule has 0 aliphatic heterocycles. The molecule has 0 fully saturated rings. The number of aliphatic hydroxyl groups is 1. The topological polar surface area (TPSA) is 260 Å². The largest absolute Gasteiger partial charge is 0.481 e. The molecule has 190 valence electrons. The van der Waals surface area contributed by atoms with Crippen LogP contribution in [0.4, 0.5) is 0 Å². The van der Waals surface area contributed by atoms with Crippen molar-refractivity contribution in [2.24, 2.45) is 17.2 Å². The molecule has 3 amide bonds. The SMILES string of the molecule is NCCCCC(NC(=O)C(N)CO)C(=O)NC(CCCCN)C(=O)NC(CC(=O)O)C(=O)O. The molecule has 0 aliphatic carbocycles. The molecule has 4 unspecified atom stereocenters. The number of aliphatic carboxylic acids is 2. The lowest BCUT2D eigenvalue weighted by Gasteiger charge is -2.25. The van der Waals surface area contributed by atoms with Crippen LogP contribution < -0.4 is 33.2 Å². The van der Waals surface area contributed by atoms with Crippen LogP contribution in [0, 0.1) is 0 Å². The number of carboxylic acid groups (broad SMARTS) is 2. The summed E-state index contributed by atoms with van der Waals surface area (Å²) in [5.74, 6) is -5.32. The van der Waals surface area contributed by atoms with Gasteiger partial charge in [0.15, 0.2) is 0 Å². The molecule has 0 aromatic carbocycles. The quantitative estimate of drug-likeness (QED) is 0.0879. The van der Waals surface area contributed by atoms with Gasteiger partial charge in [-0.3, -0.25) is 19.2 Å². The predicted octanol–water partition coefficient (Wildman–Crippen LogP) is -3.42. The summed E-state index contributed by atoms with van der Waals surface area (Å²) in [5.41, 5.74) is 16.4. The second-order valence-corrected chi connectivity index (χ2v) is 7.48. The van der Waals surface area contributed by atoms with Crippen molar-refractivity contribution >= 4 is 29.7 Å². The Hall–Kier alpha value is -2.81. The lowest BCUT2D eigenvalue weighted by molar-refractivity contribution is -0.147. The summed E-state index contributed by atoms with van der Waals surface area (Å²) in [6.45, 7) is 0.0613. The van der Waals surface area contributed by atoms with Crippen LogP contribution in [-0.2, 0) is 24.0 Å². The molecule has 12 N–H and O–H groups in total. The summed E-state index contributed by atoms with van der Waals surface area (Å²) in [5, 5.41) is 34.1. The van der Waals surface area contributed by atoms with Crippen molar-refractivity contribution in [1.82, 2.24) is 16.0 Å². The summed E-state index contributed by atoms with van der Waals surface area (Å²) < 4.78 is 0. The first-order valence-corrected chi connectivity index (χ1v) is 10.7. The molecule has 0 aromatic heterocycles. The van der Waals surface area contributed by atoms with E-state index in [1.807, 2.05) is 0 Å². The maximum Gasteiger partial charge on any atom is 0.326 e. The molecule has 0 saturated heterocycles. The number of aliphatic hydroxyl groups excluding tert-OH is 1. The van der Waals surface area contributed by atoms with Crippen LogP contribution in [0.1, 0.15) is 44.9 Å². The van der Waals surface area contributed by atoms with E-state index in [1.54, 1.807) is 0 Å². The average Bonchev–Trinajstić information content (AvgIpc) is 2.76. The van der Waals surface area contributed by atoms with Gasteiger partial charge in [-0.25, -0.2) is 4.79 Å². The lowest BCUT2D eigenvalue weighted by Crippen LogP contribution is -2.57. The Morgan fingerprint density at radius 3 is 1.48 bits per heavy atom. The van der Waals surface area contributed by atoms with E-state index in [1.165, 1.54) is 0 Å². The number of nitrogens with one attached hydrogen (secondary N) is 3. The highest BCUT2D eigenvalue weighted by atomic mass is 16.4. The fourth-order valence-electron chi connectivity index (χ4n) is 2.80. The zero-order valence-corrected chi connectivity index (χ0v) is 18.5. The van der Waals surface area contributed by atoms with E-state index in [9.17, 15) is 24.0 Å². The van der Waals surface area contributed by atoms with Crippen LogP contribution in [0.25, 0.3) is 0 Å². The Kier molecular flexibility index (Phi) is 15.3. The van der Waals surface area contributed by atoms with E-state index >= 15 is 0 Å². The number of carbonyl (C=O) groups is 5. The maximum atomic E-state index is 12.9. The van der Waals surface area contributed by atoms with E-state index in [2.05, 4.69) is 16.0 Å². The number of nitrogens with two attached hydrogens (primary N) is 3. The summed E-state index contributed by atoms with van der Waals surface area (Å²) in [6.07, 6.45) is 1.44. The second kappa shape index (κ2) is 16.8. The molecule has 0 aromatic rings. The minimum atomic E-state index is -1.69. The van der Waals surface area contributed by atoms with Crippen molar-refractivity contribution in [2.75, 3.05) is 19.7 Å². The first kappa shape index (κ1) is 30.2. The van der Waals surface area contributed by atoms with Crippen LogP contribution in [0.2, 0.25) is 0 Å². The van der Waals surface area contributed by atoms with Crippen LogP contribution >= 0.6 is 0 Å². The van der Waals surface area contributed by atoms with Crippen molar-refractivity contribution in [2.45, 2.75) is 69.1 Å². The second-order valence-electron chi connectivity index (χ2n) is 7.48. The molecular formula is C19H36N6O8. The van der Waals surface area contributed by atoms with Crippen molar-refractivity contribution in [3.05, 3.63) is 0 Å². The third kappa shape index (κ3) is 12.7. The van der Waals surface area contributed by atoms with E-state index in [4.69, 9.17) is 32.5 Å². The number of carboxylic acids is 2. The predicted molar refractivity (Wildman–Crippen MR) is 117 cm³/mol. The summed E-state index contributed by atoms with van der Waals surface area (Å²) in [6, 6.07) is -5.21. The molecule has 0 heterocycles. The summed E-state index contributed by atoms with van der Waals surface area (Å²) >= 11 is 0. The van der Waals surface area contributed by atoms with E-state index in [0.29, 0.717) is 38.8 Å². The zero-order chi connectivity index (χ0) is 25.4. The van der Waals surface area contributed by atoms with Crippen molar-refractivity contribution in [1.29, 1.82) is 0 Å². The van der Waals surface area contributed by atoms with Gasteiger partial charge in [-0.15, -0.1) is 0 Å². The molecule has 0 radical (unpaired) electrons. The number of unbranched alkanes of at least 4 members (excludes halogenated alkanes) is 2. The van der Waals surface area contributed by atoms with Crippen LogP contribution in [0.5, 0.6) is 0 Å². The van der Waals surface area contributed by atoms with Gasteiger partial charge in [0.05, 0.1) is 13.0 Å². The highest BCUT2D eigenvalue weighted by molar-refractivity contribution is 5.94. The Morgan fingerprint density at radius 2 is 1.12 bits per heavy atom. The van der Waals surface area contributed by atoms with Gasteiger partial charge < -0.3 is 48.5 Å². The van der Waals surface area contributed by atoms with Gasteiger partial charge in [0.25, 0.3) is 0 Å². The van der Waals surface area contributed by atoms with Gasteiger partial charge in [-0.2, -0.15) is 0 Å². The van der Waals surface area contributed by atoms with Crippen molar-refractivity contribution < 1.29 is 39.3 Å². The normalized spacial score (nSPS) is 14.4. The minimum absolute atomic E-state index is 0.105. The van der Waals surface area contributed by atoms with E-state index in [-0.39, 0.29) is 12.8 Å². The molecule has 0 aliphatic rings. The maximum absolute atomic E-state index is 12.9. The highest BCUT2D eigenvalue weighted by Crippen LogP contribution is 2.06. The highest BCUT2D eigenvalue weighted by Gasteiger charge is 2.30. The number of rotatable bonds is 18. The Balaban J connectivity index is 5.47. The lowest BCUT2D eigenvalue weighted by atomic mass is 10.0. The standard InChI is InChI=1S/C19H36N6O8/c20-7-3-1-5-12(23-16(29)11(22)10-26)17(30)24-13(6-2-4-8-21)18(31)25-14(19(32)33)9-15(27)28/h11-14,26H,1-10,20-22H2,(H,23,29)(H,24,30)(H,25,31)(H,27,28)(H,32,33). The van der Waals surface area contributed by atoms with Gasteiger partial charge in [-0.1, -0.05) is 0 Å². The number of hydrogen-bond acceptors (Lipinski definition) is 9. The molecular weight excluding hydrogens is 440 g/mol. The first-order chi connectivity index (χ1) is 15.6. The van der Waals surface area contributed by atoms with Crippen molar-refractivity contribution in [3.63, 3.8) is 0 Å².